The predicted octanol–water partition coefficient (Wildman–Crippen LogP) is 3.54. The van der Waals surface area contributed by atoms with Gasteiger partial charge in [-0.3, -0.25) is 4.21 Å². The van der Waals surface area contributed by atoms with Crippen LogP contribution < -0.4 is 10.5 Å². The Hall–Kier alpha value is -0.870. The lowest BCUT2D eigenvalue weighted by atomic mass is 9.91. The minimum Gasteiger partial charge on any atom is -0.496 e. The highest BCUT2D eigenvalue weighted by molar-refractivity contribution is 7.84. The summed E-state index contributed by atoms with van der Waals surface area (Å²) in [4.78, 5) is 0. The van der Waals surface area contributed by atoms with Crippen molar-refractivity contribution in [2.24, 2.45) is 11.7 Å². The molecule has 0 amide bonds. The number of methoxy groups -OCH3 is 1. The molecule has 4 atom stereocenters. The summed E-state index contributed by atoms with van der Waals surface area (Å²) in [5.74, 6) is 2.09. The zero-order chi connectivity index (χ0) is 15.4. The standard InChI is InChI=1S/C17H27NO2S/c1-12-5-4-6-16(9-12)21(19)11-15-10-14(13(2)18)7-8-17(15)20-3/h7-8,10,12-13,16H,4-6,9,11,18H2,1-3H3. The highest BCUT2D eigenvalue weighted by Gasteiger charge is 2.24. The van der Waals surface area contributed by atoms with Gasteiger partial charge in [-0.15, -0.1) is 0 Å². The van der Waals surface area contributed by atoms with Crippen LogP contribution >= 0.6 is 0 Å². The lowest BCUT2D eigenvalue weighted by Gasteiger charge is -2.26. The largest absolute Gasteiger partial charge is 0.496 e. The van der Waals surface area contributed by atoms with Gasteiger partial charge < -0.3 is 10.5 Å². The maximum Gasteiger partial charge on any atom is 0.123 e. The van der Waals surface area contributed by atoms with Gasteiger partial charge in [0, 0.05) is 27.7 Å². The molecule has 1 aromatic carbocycles. The van der Waals surface area contributed by atoms with E-state index in [0.29, 0.717) is 16.9 Å². The van der Waals surface area contributed by atoms with Crippen LogP contribution in [0.5, 0.6) is 5.75 Å². The molecule has 3 nitrogen and oxygen atoms in total. The van der Waals surface area contributed by atoms with E-state index in [2.05, 4.69) is 6.92 Å². The van der Waals surface area contributed by atoms with Crippen molar-refractivity contribution in [3.05, 3.63) is 29.3 Å². The Labute approximate surface area is 130 Å². The molecule has 0 spiro atoms. The second kappa shape index (κ2) is 7.41. The van der Waals surface area contributed by atoms with E-state index in [1.807, 2.05) is 25.1 Å². The average molecular weight is 309 g/mol. The second-order valence-corrected chi connectivity index (χ2v) is 8.00. The third-order valence-corrected chi connectivity index (χ3v) is 6.16. The summed E-state index contributed by atoms with van der Waals surface area (Å²) in [5, 5.41) is 0.331. The van der Waals surface area contributed by atoms with Crippen LogP contribution in [0.15, 0.2) is 18.2 Å². The maximum absolute atomic E-state index is 12.7. The van der Waals surface area contributed by atoms with E-state index in [0.717, 1.165) is 29.7 Å². The Balaban J connectivity index is 2.13. The molecule has 2 rings (SSSR count). The van der Waals surface area contributed by atoms with Crippen molar-refractivity contribution >= 4 is 10.8 Å². The summed E-state index contributed by atoms with van der Waals surface area (Å²) < 4.78 is 18.1. The first kappa shape index (κ1) is 16.5. The Morgan fingerprint density at radius 3 is 2.81 bits per heavy atom. The van der Waals surface area contributed by atoms with E-state index in [1.165, 1.54) is 12.8 Å². The van der Waals surface area contributed by atoms with Crippen LogP contribution in [0, 0.1) is 5.92 Å². The fourth-order valence-corrected chi connectivity index (χ4v) is 4.82. The molecule has 0 aromatic heterocycles. The zero-order valence-electron chi connectivity index (χ0n) is 13.3. The second-order valence-electron chi connectivity index (χ2n) is 6.28. The smallest absolute Gasteiger partial charge is 0.123 e. The average Bonchev–Trinajstić information content (AvgIpc) is 2.47. The number of rotatable bonds is 5. The monoisotopic (exact) mass is 309 g/mol. The minimum absolute atomic E-state index is 0.0159. The number of hydrogen-bond donors (Lipinski definition) is 1. The first-order valence-electron chi connectivity index (χ1n) is 7.80. The van der Waals surface area contributed by atoms with Crippen LogP contribution in [0.2, 0.25) is 0 Å². The van der Waals surface area contributed by atoms with Crippen LogP contribution in [0.1, 0.15) is 56.7 Å². The summed E-state index contributed by atoms with van der Waals surface area (Å²) in [6.45, 7) is 4.23. The lowest BCUT2D eigenvalue weighted by Crippen LogP contribution is -2.24. The molecule has 1 saturated carbocycles. The van der Waals surface area contributed by atoms with Gasteiger partial charge in [0.15, 0.2) is 0 Å². The van der Waals surface area contributed by atoms with Gasteiger partial charge in [-0.1, -0.05) is 25.8 Å². The molecule has 2 N–H and O–H groups in total. The Bertz CT molecular complexity index is 502. The van der Waals surface area contributed by atoms with Gasteiger partial charge in [-0.25, -0.2) is 0 Å². The predicted molar refractivity (Wildman–Crippen MR) is 88.9 cm³/mol. The molecule has 4 heteroatoms. The van der Waals surface area contributed by atoms with E-state index >= 15 is 0 Å². The van der Waals surface area contributed by atoms with Crippen LogP contribution in [0.3, 0.4) is 0 Å². The highest BCUT2D eigenvalue weighted by Crippen LogP contribution is 2.30. The molecule has 1 aliphatic rings. The Kier molecular flexibility index (Phi) is 5.82. The lowest BCUT2D eigenvalue weighted by molar-refractivity contribution is 0.388. The first-order chi connectivity index (χ1) is 10.0. The summed E-state index contributed by atoms with van der Waals surface area (Å²) in [5.41, 5.74) is 8.04. The minimum atomic E-state index is -0.832. The van der Waals surface area contributed by atoms with Crippen molar-refractivity contribution in [2.75, 3.05) is 7.11 Å². The molecule has 4 unspecified atom stereocenters. The maximum atomic E-state index is 12.7. The molecule has 1 aliphatic carbocycles. The third-order valence-electron chi connectivity index (χ3n) is 4.39. The highest BCUT2D eigenvalue weighted by atomic mass is 32.2. The summed E-state index contributed by atoms with van der Waals surface area (Å²) in [7, 11) is 0.830. The molecule has 0 bridgehead atoms. The van der Waals surface area contributed by atoms with Gasteiger partial charge in [0.1, 0.15) is 5.75 Å². The van der Waals surface area contributed by atoms with Crippen LogP contribution in [0.4, 0.5) is 0 Å². The van der Waals surface area contributed by atoms with E-state index in [4.69, 9.17) is 10.5 Å². The molecular weight excluding hydrogens is 282 g/mol. The summed E-state index contributed by atoms with van der Waals surface area (Å²) >= 11 is 0. The molecule has 0 radical (unpaired) electrons. The van der Waals surface area contributed by atoms with E-state index in [-0.39, 0.29) is 6.04 Å². The molecular formula is C17H27NO2S. The normalized spacial score (nSPS) is 25.3. The van der Waals surface area contributed by atoms with Crippen molar-refractivity contribution in [3.8, 4) is 5.75 Å². The molecule has 118 valence electrons. The molecule has 0 saturated heterocycles. The molecule has 21 heavy (non-hydrogen) atoms. The van der Waals surface area contributed by atoms with Crippen LogP contribution in [0.25, 0.3) is 0 Å². The number of nitrogens with two attached hydrogens (primary N) is 1. The number of benzene rings is 1. The van der Waals surface area contributed by atoms with E-state index in [1.54, 1.807) is 7.11 Å². The van der Waals surface area contributed by atoms with E-state index < -0.39 is 10.8 Å². The number of hydrogen-bond acceptors (Lipinski definition) is 3. The van der Waals surface area contributed by atoms with Gasteiger partial charge in [0.25, 0.3) is 0 Å². The van der Waals surface area contributed by atoms with Crippen molar-refractivity contribution in [1.82, 2.24) is 0 Å². The topological polar surface area (TPSA) is 52.3 Å². The van der Waals surface area contributed by atoms with Crippen molar-refractivity contribution in [1.29, 1.82) is 0 Å². The fraction of sp³-hybridized carbons (Fsp3) is 0.647. The van der Waals surface area contributed by atoms with Gasteiger partial charge in [0.05, 0.1) is 12.9 Å². The molecule has 1 aromatic rings. The molecule has 1 fully saturated rings. The quantitative estimate of drug-likeness (QED) is 0.905. The molecule has 0 heterocycles. The van der Waals surface area contributed by atoms with E-state index in [9.17, 15) is 4.21 Å². The van der Waals surface area contributed by atoms with Gasteiger partial charge >= 0.3 is 0 Å². The Morgan fingerprint density at radius 2 is 2.19 bits per heavy atom. The third kappa shape index (κ3) is 4.30. The van der Waals surface area contributed by atoms with Crippen molar-refractivity contribution in [2.45, 2.75) is 56.6 Å². The van der Waals surface area contributed by atoms with Gasteiger partial charge in [-0.05, 0) is 43.4 Å². The molecule has 0 aliphatic heterocycles. The SMILES string of the molecule is COc1ccc(C(C)N)cc1CS(=O)C1CCCC(C)C1. The van der Waals surface area contributed by atoms with Crippen molar-refractivity contribution < 1.29 is 8.95 Å². The van der Waals surface area contributed by atoms with Crippen LogP contribution in [-0.4, -0.2) is 16.6 Å². The van der Waals surface area contributed by atoms with Crippen molar-refractivity contribution in [3.63, 3.8) is 0 Å². The van der Waals surface area contributed by atoms with Gasteiger partial charge in [0.2, 0.25) is 0 Å². The van der Waals surface area contributed by atoms with Gasteiger partial charge in [-0.2, -0.15) is 0 Å². The van der Waals surface area contributed by atoms with Crippen LogP contribution in [-0.2, 0) is 16.6 Å². The fourth-order valence-electron chi connectivity index (χ4n) is 3.08. The Morgan fingerprint density at radius 1 is 1.43 bits per heavy atom. The first-order valence-corrected chi connectivity index (χ1v) is 9.19. The number of ether oxygens (including phenoxy) is 1. The summed E-state index contributed by atoms with van der Waals surface area (Å²) in [6, 6.07) is 5.96. The summed E-state index contributed by atoms with van der Waals surface area (Å²) in [6.07, 6.45) is 4.65. The zero-order valence-corrected chi connectivity index (χ0v) is 14.1.